The van der Waals surface area contributed by atoms with Crippen molar-refractivity contribution < 1.29 is 45.7 Å². The van der Waals surface area contributed by atoms with Crippen molar-refractivity contribution >= 4 is 5.97 Å². The van der Waals surface area contributed by atoms with Crippen LogP contribution >= 0.6 is 0 Å². The first-order chi connectivity index (χ1) is 9.45. The fourth-order valence-corrected chi connectivity index (χ4v) is 1.48. The summed E-state index contributed by atoms with van der Waals surface area (Å²) in [6.07, 6.45) is -11.3. The zero-order valence-corrected chi connectivity index (χ0v) is 10.2. The van der Waals surface area contributed by atoms with E-state index >= 15 is 0 Å². The van der Waals surface area contributed by atoms with E-state index in [9.17, 15) is 31.1 Å². The number of carboxylic acid groups (broad SMARTS) is 1. The third-order valence-electron chi connectivity index (χ3n) is 2.11. The number of methoxy groups -OCH3 is 1. The number of aliphatic carboxylic acids is 1. The molecule has 0 bridgehead atoms. The van der Waals surface area contributed by atoms with Gasteiger partial charge in [-0.15, -0.1) is 13.2 Å². The first kappa shape index (κ1) is 16.9. The van der Waals surface area contributed by atoms with Gasteiger partial charge in [0.05, 0.1) is 25.4 Å². The third-order valence-corrected chi connectivity index (χ3v) is 2.11. The number of ether oxygens (including phenoxy) is 2. The Hall–Kier alpha value is -2.20. The van der Waals surface area contributed by atoms with Crippen LogP contribution in [-0.4, -0.2) is 29.5 Å². The maximum atomic E-state index is 12.9. The number of rotatable bonds is 4. The van der Waals surface area contributed by atoms with E-state index in [1.54, 1.807) is 0 Å². The molecule has 1 N–H and O–H groups in total. The van der Waals surface area contributed by atoms with E-state index in [4.69, 9.17) is 5.11 Å². The van der Waals surface area contributed by atoms with Gasteiger partial charge in [-0.2, -0.15) is 13.2 Å². The van der Waals surface area contributed by atoms with Crippen molar-refractivity contribution in [2.75, 3.05) is 7.11 Å². The Morgan fingerprint density at radius 1 is 1.29 bits per heavy atom. The van der Waals surface area contributed by atoms with Gasteiger partial charge in [0.2, 0.25) is 0 Å². The number of hydrogen-bond acceptors (Lipinski definition) is 4. The van der Waals surface area contributed by atoms with E-state index in [0.29, 0.717) is 13.3 Å². The van der Waals surface area contributed by atoms with Crippen molar-refractivity contribution in [1.82, 2.24) is 4.98 Å². The summed E-state index contributed by atoms with van der Waals surface area (Å²) in [5.74, 6) is -4.24. The SMILES string of the molecule is COc1c(OC(F)(F)F)cnc(CC(=O)O)c1C(F)(F)F. The molecular weight excluding hydrogens is 312 g/mol. The lowest BCUT2D eigenvalue weighted by molar-refractivity contribution is -0.275. The Morgan fingerprint density at radius 2 is 1.86 bits per heavy atom. The summed E-state index contributed by atoms with van der Waals surface area (Å²) in [7, 11) is 0.693. The fourth-order valence-electron chi connectivity index (χ4n) is 1.48. The zero-order valence-electron chi connectivity index (χ0n) is 10.2. The van der Waals surface area contributed by atoms with E-state index in [1.807, 2.05) is 0 Å². The Balaban J connectivity index is 3.50. The van der Waals surface area contributed by atoms with Gasteiger partial charge in [0, 0.05) is 0 Å². The molecule has 0 spiro atoms. The summed E-state index contributed by atoms with van der Waals surface area (Å²) >= 11 is 0. The molecule has 0 amide bonds. The second-order valence-electron chi connectivity index (χ2n) is 3.59. The molecule has 1 heterocycles. The van der Waals surface area contributed by atoms with Gasteiger partial charge in [0.15, 0.2) is 11.5 Å². The molecule has 0 aliphatic heterocycles. The Morgan fingerprint density at radius 3 is 2.24 bits per heavy atom. The largest absolute Gasteiger partial charge is 0.573 e. The molecule has 1 aromatic rings. The number of alkyl halides is 6. The molecule has 0 saturated carbocycles. The highest BCUT2D eigenvalue weighted by atomic mass is 19.4. The van der Waals surface area contributed by atoms with E-state index in [2.05, 4.69) is 14.5 Å². The number of pyridine rings is 1. The van der Waals surface area contributed by atoms with Gasteiger partial charge in [-0.25, -0.2) is 0 Å². The highest BCUT2D eigenvalue weighted by molar-refractivity contribution is 5.71. The van der Waals surface area contributed by atoms with E-state index in [1.165, 1.54) is 0 Å². The van der Waals surface area contributed by atoms with Crippen LogP contribution in [0, 0.1) is 0 Å². The first-order valence-corrected chi connectivity index (χ1v) is 5.06. The molecular formula is C10H7F6NO4. The minimum absolute atomic E-state index is 0.319. The number of aromatic nitrogens is 1. The Bertz CT molecular complexity index is 540. The van der Waals surface area contributed by atoms with Gasteiger partial charge < -0.3 is 14.6 Å². The number of halogens is 6. The normalized spacial score (nSPS) is 12.1. The first-order valence-electron chi connectivity index (χ1n) is 5.06. The summed E-state index contributed by atoms with van der Waals surface area (Å²) < 4.78 is 82.8. The van der Waals surface area contributed by atoms with Crippen LogP contribution in [0.3, 0.4) is 0 Å². The standard InChI is InChI=1S/C10H7F6NO4/c1-20-8-5(21-10(14,15)16)3-17-4(2-6(18)19)7(8)9(11,12)13/h3H,2H2,1H3,(H,18,19). The van der Waals surface area contributed by atoms with E-state index in [0.717, 1.165) is 0 Å². The van der Waals surface area contributed by atoms with Crippen LogP contribution in [0.15, 0.2) is 6.20 Å². The van der Waals surface area contributed by atoms with Crippen LogP contribution in [0.5, 0.6) is 11.5 Å². The van der Waals surface area contributed by atoms with Crippen LogP contribution in [0.2, 0.25) is 0 Å². The predicted octanol–water partition coefficient (Wildman–Crippen LogP) is 2.63. The monoisotopic (exact) mass is 319 g/mol. The third kappa shape index (κ3) is 4.39. The van der Waals surface area contributed by atoms with Crippen molar-refractivity contribution in [3.05, 3.63) is 17.5 Å². The lowest BCUT2D eigenvalue weighted by atomic mass is 10.1. The Labute approximate surface area is 113 Å². The molecule has 21 heavy (non-hydrogen) atoms. The molecule has 0 fully saturated rings. The minimum Gasteiger partial charge on any atom is -0.492 e. The topological polar surface area (TPSA) is 68.7 Å². The number of carboxylic acids is 1. The molecule has 1 rings (SSSR count). The molecule has 0 atom stereocenters. The summed E-state index contributed by atoms with van der Waals surface area (Å²) in [4.78, 5) is 13.6. The number of nitrogens with zero attached hydrogens (tertiary/aromatic N) is 1. The molecule has 0 unspecified atom stereocenters. The van der Waals surface area contributed by atoms with Crippen molar-refractivity contribution in [2.45, 2.75) is 19.0 Å². The van der Waals surface area contributed by atoms with Gasteiger partial charge >= 0.3 is 18.5 Å². The quantitative estimate of drug-likeness (QED) is 0.864. The second kappa shape index (κ2) is 5.66. The Kier molecular flexibility index (Phi) is 4.54. The van der Waals surface area contributed by atoms with Crippen LogP contribution < -0.4 is 9.47 Å². The highest BCUT2D eigenvalue weighted by Crippen LogP contribution is 2.44. The molecule has 0 radical (unpaired) electrons. The number of hydrogen-bond donors (Lipinski definition) is 1. The summed E-state index contributed by atoms with van der Waals surface area (Å²) in [5.41, 5.74) is -2.71. The fraction of sp³-hybridized carbons (Fsp3) is 0.400. The van der Waals surface area contributed by atoms with E-state index in [-0.39, 0.29) is 0 Å². The van der Waals surface area contributed by atoms with Crippen molar-refractivity contribution in [3.8, 4) is 11.5 Å². The molecule has 0 aliphatic rings. The van der Waals surface area contributed by atoms with Gasteiger partial charge in [-0.05, 0) is 0 Å². The van der Waals surface area contributed by atoms with Crippen molar-refractivity contribution in [2.24, 2.45) is 0 Å². The average molecular weight is 319 g/mol. The van der Waals surface area contributed by atoms with E-state index < -0.39 is 47.7 Å². The average Bonchev–Trinajstić information content (AvgIpc) is 2.26. The van der Waals surface area contributed by atoms with Crippen molar-refractivity contribution in [1.29, 1.82) is 0 Å². The summed E-state index contributed by atoms with van der Waals surface area (Å²) in [5, 5.41) is 8.52. The minimum atomic E-state index is -5.26. The van der Waals surface area contributed by atoms with Crippen LogP contribution in [-0.2, 0) is 17.4 Å². The van der Waals surface area contributed by atoms with Crippen LogP contribution in [0.25, 0.3) is 0 Å². The smallest absolute Gasteiger partial charge is 0.492 e. The molecule has 0 aliphatic carbocycles. The molecule has 0 saturated heterocycles. The van der Waals surface area contributed by atoms with Crippen LogP contribution in [0.1, 0.15) is 11.3 Å². The van der Waals surface area contributed by atoms with Gasteiger partial charge in [-0.1, -0.05) is 0 Å². The molecule has 11 heteroatoms. The van der Waals surface area contributed by atoms with Gasteiger partial charge in [0.25, 0.3) is 0 Å². The maximum Gasteiger partial charge on any atom is 0.573 e. The maximum absolute atomic E-state index is 12.9. The molecule has 118 valence electrons. The predicted molar refractivity (Wildman–Crippen MR) is 53.8 cm³/mol. The molecule has 5 nitrogen and oxygen atoms in total. The highest BCUT2D eigenvalue weighted by Gasteiger charge is 2.42. The summed E-state index contributed by atoms with van der Waals surface area (Å²) in [6.45, 7) is 0. The zero-order chi connectivity index (χ0) is 16.4. The molecule has 1 aromatic heterocycles. The van der Waals surface area contributed by atoms with Gasteiger partial charge in [0.1, 0.15) is 5.56 Å². The van der Waals surface area contributed by atoms with Gasteiger partial charge in [-0.3, -0.25) is 9.78 Å². The van der Waals surface area contributed by atoms with Crippen molar-refractivity contribution in [3.63, 3.8) is 0 Å². The number of carbonyl (C=O) groups is 1. The molecule has 0 aromatic carbocycles. The lowest BCUT2D eigenvalue weighted by Gasteiger charge is -2.18. The second-order valence-corrected chi connectivity index (χ2v) is 3.59. The summed E-state index contributed by atoms with van der Waals surface area (Å²) in [6, 6.07) is 0. The van der Waals surface area contributed by atoms with Crippen LogP contribution in [0.4, 0.5) is 26.3 Å². The lowest BCUT2D eigenvalue weighted by Crippen LogP contribution is -2.21.